The molecule has 1 fully saturated rings. The van der Waals surface area contributed by atoms with Gasteiger partial charge in [-0.05, 0) is 31.2 Å². The lowest BCUT2D eigenvalue weighted by atomic mass is 9.86. The second-order valence-electron chi connectivity index (χ2n) is 9.74. The number of benzene rings is 3. The molecule has 1 saturated heterocycles. The van der Waals surface area contributed by atoms with Crippen LogP contribution in [0.3, 0.4) is 0 Å². The number of carbonyl (C=O) groups excluding carboxylic acids is 1. The van der Waals surface area contributed by atoms with Crippen molar-refractivity contribution in [3.05, 3.63) is 59.7 Å². The van der Waals surface area contributed by atoms with Crippen LogP contribution in [0.25, 0.3) is 22.2 Å². The van der Waals surface area contributed by atoms with E-state index in [1.54, 1.807) is 0 Å². The van der Waals surface area contributed by atoms with E-state index < -0.39 is 0 Å². The molecular weight excluding hydrogens is 468 g/mol. The Morgan fingerprint density at radius 3 is 2.54 bits per heavy atom. The van der Waals surface area contributed by atoms with Gasteiger partial charge < -0.3 is 24.2 Å². The number of nitrogens with zero attached hydrogens (tertiary/aromatic N) is 3. The summed E-state index contributed by atoms with van der Waals surface area (Å²) in [7, 11) is 0. The normalized spacial score (nSPS) is 16.7. The Hall–Kier alpha value is -4.04. The van der Waals surface area contributed by atoms with Gasteiger partial charge in [0.05, 0.1) is 22.3 Å². The number of hydrogen-bond donors (Lipinski definition) is 1. The van der Waals surface area contributed by atoms with Crippen molar-refractivity contribution in [2.45, 2.75) is 13.3 Å². The van der Waals surface area contributed by atoms with Crippen LogP contribution in [-0.2, 0) is 0 Å². The van der Waals surface area contributed by atoms with Gasteiger partial charge in [-0.2, -0.15) is 0 Å². The Kier molecular flexibility index (Phi) is 5.28. The average molecular weight is 497 g/mol. The predicted octanol–water partition coefficient (Wildman–Crippen LogP) is 5.09. The van der Waals surface area contributed by atoms with Crippen LogP contribution in [0.2, 0.25) is 0 Å². The molecule has 0 atom stereocenters. The highest BCUT2D eigenvalue weighted by atomic mass is 16.6. The molecule has 4 aromatic rings. The molecule has 8 heteroatoms. The maximum Gasteiger partial charge on any atom is 0.196 e. The number of anilines is 3. The van der Waals surface area contributed by atoms with Crippen molar-refractivity contribution in [2.24, 2.45) is 0 Å². The number of ketones is 1. The lowest BCUT2D eigenvalue weighted by molar-refractivity contribution is 0.104. The maximum absolute atomic E-state index is 13.9. The monoisotopic (exact) mass is 496 g/mol. The highest BCUT2D eigenvalue weighted by Crippen LogP contribution is 2.46. The molecule has 0 amide bonds. The molecule has 0 bridgehead atoms. The molecule has 1 aromatic heterocycles. The van der Waals surface area contributed by atoms with E-state index in [2.05, 4.69) is 33.3 Å². The zero-order chi connectivity index (χ0) is 24.9. The third-order valence-corrected chi connectivity index (χ3v) is 7.45. The summed E-state index contributed by atoms with van der Waals surface area (Å²) in [6, 6.07) is 15.4. The molecule has 1 aliphatic carbocycles. The van der Waals surface area contributed by atoms with Crippen molar-refractivity contribution >= 4 is 33.7 Å². The first-order chi connectivity index (χ1) is 18.2. The number of carbonyl (C=O) groups is 1. The quantitative estimate of drug-likeness (QED) is 0.361. The van der Waals surface area contributed by atoms with Gasteiger partial charge in [0.1, 0.15) is 18.7 Å². The van der Waals surface area contributed by atoms with Crippen LogP contribution in [0.15, 0.2) is 53.1 Å². The van der Waals surface area contributed by atoms with Crippen LogP contribution in [-0.4, -0.2) is 61.8 Å². The van der Waals surface area contributed by atoms with Crippen molar-refractivity contribution in [3.8, 4) is 22.8 Å². The van der Waals surface area contributed by atoms with Crippen LogP contribution in [0, 0.1) is 0 Å². The molecule has 0 radical (unpaired) electrons. The van der Waals surface area contributed by atoms with Crippen LogP contribution in [0.1, 0.15) is 29.3 Å². The van der Waals surface area contributed by atoms with E-state index in [1.807, 2.05) is 42.5 Å². The van der Waals surface area contributed by atoms with Crippen molar-refractivity contribution in [1.29, 1.82) is 0 Å². The summed E-state index contributed by atoms with van der Waals surface area (Å²) in [5, 5.41) is 8.81. The molecule has 37 heavy (non-hydrogen) atoms. The summed E-state index contributed by atoms with van der Waals surface area (Å²) in [5.74, 6) is 2.04. The molecule has 0 saturated carbocycles. The van der Waals surface area contributed by atoms with Crippen molar-refractivity contribution in [2.75, 3.05) is 56.2 Å². The van der Waals surface area contributed by atoms with Gasteiger partial charge in [0.2, 0.25) is 0 Å². The SMILES string of the molecule is CCCN1CCN(c2cc(Nc3ccc4c(c3)OCCO4)c3c4c(onc24)-c2ccccc2C3=O)CC1. The largest absolute Gasteiger partial charge is 0.486 e. The van der Waals surface area contributed by atoms with E-state index >= 15 is 0 Å². The Bertz CT molecular complexity index is 1520. The van der Waals surface area contributed by atoms with Gasteiger partial charge in [-0.3, -0.25) is 9.69 Å². The predicted molar refractivity (Wildman–Crippen MR) is 143 cm³/mol. The number of ether oxygens (including phenoxy) is 2. The molecule has 7 rings (SSSR count). The Morgan fingerprint density at radius 2 is 1.73 bits per heavy atom. The minimum absolute atomic E-state index is 0.0318. The fourth-order valence-corrected chi connectivity index (χ4v) is 5.69. The van der Waals surface area contributed by atoms with Crippen LogP contribution < -0.4 is 19.7 Å². The van der Waals surface area contributed by atoms with E-state index in [0.717, 1.165) is 78.4 Å². The molecular formula is C29H28N4O4. The molecule has 0 spiro atoms. The first-order valence-corrected chi connectivity index (χ1v) is 13.0. The first-order valence-electron chi connectivity index (χ1n) is 13.0. The van der Waals surface area contributed by atoms with E-state index in [4.69, 9.17) is 14.0 Å². The minimum Gasteiger partial charge on any atom is -0.486 e. The summed E-state index contributed by atoms with van der Waals surface area (Å²) in [6.07, 6.45) is 1.15. The Morgan fingerprint density at radius 1 is 0.946 bits per heavy atom. The molecule has 3 aliphatic rings. The number of piperazine rings is 1. The zero-order valence-electron chi connectivity index (χ0n) is 20.8. The highest BCUT2D eigenvalue weighted by molar-refractivity contribution is 6.28. The summed E-state index contributed by atoms with van der Waals surface area (Å²) in [5.41, 5.74) is 5.29. The van der Waals surface area contributed by atoms with E-state index in [1.165, 1.54) is 0 Å². The minimum atomic E-state index is -0.0318. The second kappa shape index (κ2) is 8.81. The third kappa shape index (κ3) is 3.62. The van der Waals surface area contributed by atoms with Gasteiger partial charge >= 0.3 is 0 Å². The smallest absolute Gasteiger partial charge is 0.196 e. The standard InChI is InChI=1S/C29H28N4O4/c1-2-9-32-10-12-33(13-11-32)22-17-21(30-18-7-8-23-24(16-18)36-15-14-35-23)25-26-27(22)31-37-29(26)20-6-4-3-5-19(20)28(25)34/h3-8,16-17,30H,2,9-15H2,1H3. The van der Waals surface area contributed by atoms with E-state index in [9.17, 15) is 4.79 Å². The number of nitrogens with one attached hydrogen (secondary N) is 1. The first kappa shape index (κ1) is 22.2. The topological polar surface area (TPSA) is 80.1 Å². The Balaban J connectivity index is 1.37. The molecule has 1 N–H and O–H groups in total. The maximum atomic E-state index is 13.9. The summed E-state index contributed by atoms with van der Waals surface area (Å²) in [4.78, 5) is 18.7. The summed E-state index contributed by atoms with van der Waals surface area (Å²) in [6.45, 7) is 8.16. The lowest BCUT2D eigenvalue weighted by Gasteiger charge is -2.36. The third-order valence-electron chi connectivity index (χ3n) is 7.45. The molecule has 3 aromatic carbocycles. The number of hydrogen-bond acceptors (Lipinski definition) is 8. The molecule has 2 aliphatic heterocycles. The van der Waals surface area contributed by atoms with Gasteiger partial charge in [0.25, 0.3) is 0 Å². The fraction of sp³-hybridized carbons (Fsp3) is 0.310. The van der Waals surface area contributed by atoms with E-state index in [0.29, 0.717) is 35.9 Å². The summed E-state index contributed by atoms with van der Waals surface area (Å²) < 4.78 is 17.4. The van der Waals surface area contributed by atoms with Crippen LogP contribution in [0.5, 0.6) is 11.5 Å². The van der Waals surface area contributed by atoms with E-state index in [-0.39, 0.29) is 5.78 Å². The van der Waals surface area contributed by atoms with Crippen molar-refractivity contribution < 1.29 is 18.8 Å². The molecule has 3 heterocycles. The zero-order valence-corrected chi connectivity index (χ0v) is 20.8. The Labute approximate surface area is 214 Å². The van der Waals surface area contributed by atoms with Crippen molar-refractivity contribution in [3.63, 3.8) is 0 Å². The van der Waals surface area contributed by atoms with Gasteiger partial charge in [0.15, 0.2) is 23.0 Å². The number of fused-ring (bicyclic) bond motifs is 3. The average Bonchev–Trinajstić information content (AvgIpc) is 3.38. The van der Waals surface area contributed by atoms with Gasteiger partial charge in [-0.15, -0.1) is 0 Å². The number of aromatic nitrogens is 1. The molecule has 8 nitrogen and oxygen atoms in total. The number of rotatable bonds is 5. The van der Waals surface area contributed by atoms with Crippen LogP contribution >= 0.6 is 0 Å². The van der Waals surface area contributed by atoms with Gasteiger partial charge in [-0.1, -0.05) is 36.3 Å². The van der Waals surface area contributed by atoms with Gasteiger partial charge in [0, 0.05) is 49.1 Å². The summed E-state index contributed by atoms with van der Waals surface area (Å²) >= 11 is 0. The highest BCUT2D eigenvalue weighted by Gasteiger charge is 2.34. The fourth-order valence-electron chi connectivity index (χ4n) is 5.69. The lowest BCUT2D eigenvalue weighted by Crippen LogP contribution is -2.46. The van der Waals surface area contributed by atoms with Gasteiger partial charge in [-0.25, -0.2) is 0 Å². The molecule has 188 valence electrons. The molecule has 0 unspecified atom stereocenters. The van der Waals surface area contributed by atoms with Crippen molar-refractivity contribution in [1.82, 2.24) is 10.1 Å². The second-order valence-corrected chi connectivity index (χ2v) is 9.74. The van der Waals surface area contributed by atoms with Crippen LogP contribution in [0.4, 0.5) is 17.1 Å².